The Morgan fingerprint density at radius 2 is 1.33 bits per heavy atom. The fourth-order valence-corrected chi connectivity index (χ4v) is 4.82. The summed E-state index contributed by atoms with van der Waals surface area (Å²) in [6.45, 7) is 0.988. The molecule has 142 valence electrons. The van der Waals surface area contributed by atoms with Gasteiger partial charge in [-0.1, -0.05) is 24.3 Å². The first-order chi connectivity index (χ1) is 13.1. The van der Waals surface area contributed by atoms with Gasteiger partial charge in [-0.3, -0.25) is 9.69 Å². The molecule has 2 nitrogen and oxygen atoms in total. The van der Waals surface area contributed by atoms with E-state index in [1.807, 2.05) is 24.3 Å². The topological polar surface area (TPSA) is 20.3 Å². The van der Waals surface area contributed by atoms with E-state index in [1.54, 1.807) is 0 Å². The molecule has 2 aromatic carbocycles. The number of ketones is 1. The predicted molar refractivity (Wildman–Crippen MR) is 102 cm³/mol. The molecule has 2 aromatic rings. The minimum Gasteiger partial charge on any atom is -0.300 e. The van der Waals surface area contributed by atoms with E-state index in [-0.39, 0.29) is 17.6 Å². The Morgan fingerprint density at radius 3 is 1.81 bits per heavy atom. The fourth-order valence-electron chi connectivity index (χ4n) is 4.82. The number of piperidine rings is 1. The van der Waals surface area contributed by atoms with Gasteiger partial charge in [-0.05, 0) is 67.6 Å². The van der Waals surface area contributed by atoms with Crippen LogP contribution >= 0.6 is 0 Å². The van der Waals surface area contributed by atoms with Crippen LogP contribution in [0, 0.1) is 11.6 Å². The summed E-state index contributed by atoms with van der Waals surface area (Å²) in [6.07, 6.45) is 5.60. The smallest absolute Gasteiger partial charge is 0.136 e. The number of fused-ring (bicyclic) bond motifs is 2. The van der Waals surface area contributed by atoms with Crippen molar-refractivity contribution in [2.45, 2.75) is 56.5 Å². The molecular weight excluding hydrogens is 344 g/mol. The lowest BCUT2D eigenvalue weighted by Gasteiger charge is -2.34. The monoisotopic (exact) mass is 369 g/mol. The van der Waals surface area contributed by atoms with E-state index in [1.165, 1.54) is 24.3 Å². The van der Waals surface area contributed by atoms with Gasteiger partial charge in [-0.15, -0.1) is 0 Å². The van der Waals surface area contributed by atoms with E-state index in [0.717, 1.165) is 43.4 Å². The number of rotatable bonds is 6. The van der Waals surface area contributed by atoms with E-state index in [9.17, 15) is 13.6 Å². The zero-order valence-electron chi connectivity index (χ0n) is 15.4. The number of nitrogens with zero attached hydrogens (tertiary/aromatic N) is 1. The van der Waals surface area contributed by atoms with Gasteiger partial charge in [0.1, 0.15) is 17.4 Å². The molecule has 27 heavy (non-hydrogen) atoms. The summed E-state index contributed by atoms with van der Waals surface area (Å²) in [4.78, 5) is 14.3. The number of carbonyl (C=O) groups excluding carboxylic acids is 1. The van der Waals surface area contributed by atoms with Crippen LogP contribution < -0.4 is 0 Å². The van der Waals surface area contributed by atoms with Gasteiger partial charge in [0.05, 0.1) is 0 Å². The average Bonchev–Trinajstić information content (AvgIpc) is 2.90. The van der Waals surface area contributed by atoms with E-state index < -0.39 is 0 Å². The van der Waals surface area contributed by atoms with Crippen LogP contribution in [-0.4, -0.2) is 29.3 Å². The van der Waals surface area contributed by atoms with Crippen molar-refractivity contribution in [2.75, 3.05) is 6.54 Å². The highest BCUT2D eigenvalue weighted by Crippen LogP contribution is 2.35. The van der Waals surface area contributed by atoms with Gasteiger partial charge in [0, 0.05) is 30.8 Å². The largest absolute Gasteiger partial charge is 0.300 e. The van der Waals surface area contributed by atoms with E-state index >= 15 is 0 Å². The van der Waals surface area contributed by atoms with Gasteiger partial charge in [0.2, 0.25) is 0 Å². The number of benzene rings is 2. The Morgan fingerprint density at radius 1 is 0.852 bits per heavy atom. The molecule has 2 aliphatic heterocycles. The van der Waals surface area contributed by atoms with Crippen LogP contribution in [0.4, 0.5) is 8.78 Å². The van der Waals surface area contributed by atoms with Crippen molar-refractivity contribution in [3.8, 4) is 0 Å². The molecule has 0 N–H and O–H groups in total. The molecule has 2 aliphatic rings. The summed E-state index contributed by atoms with van der Waals surface area (Å²) in [7, 11) is 0. The Bertz CT molecular complexity index is 726. The minimum atomic E-state index is -0.244. The molecule has 2 atom stereocenters. The van der Waals surface area contributed by atoms with Gasteiger partial charge < -0.3 is 0 Å². The molecule has 0 aliphatic carbocycles. The van der Waals surface area contributed by atoms with Crippen molar-refractivity contribution in [3.05, 3.63) is 71.3 Å². The lowest BCUT2D eigenvalue weighted by atomic mass is 9.87. The third-order valence-corrected chi connectivity index (χ3v) is 6.15. The third-order valence-electron chi connectivity index (χ3n) is 6.15. The van der Waals surface area contributed by atoms with Gasteiger partial charge in [-0.25, -0.2) is 8.78 Å². The maximum atomic E-state index is 13.3. The highest BCUT2D eigenvalue weighted by Gasteiger charge is 2.39. The van der Waals surface area contributed by atoms with E-state index in [0.29, 0.717) is 30.7 Å². The maximum Gasteiger partial charge on any atom is 0.136 e. The fraction of sp³-hybridized carbons (Fsp3) is 0.435. The Labute approximate surface area is 159 Å². The quantitative estimate of drug-likeness (QED) is 0.708. The predicted octanol–water partition coefficient (Wildman–Crippen LogP) is 5.07. The van der Waals surface area contributed by atoms with Crippen LogP contribution in [0.2, 0.25) is 0 Å². The number of carbonyl (C=O) groups is 1. The van der Waals surface area contributed by atoms with Crippen LogP contribution in [0.25, 0.3) is 0 Å². The average molecular weight is 369 g/mol. The summed E-state index contributed by atoms with van der Waals surface area (Å²) < 4.78 is 26.7. The lowest BCUT2D eigenvalue weighted by Crippen LogP contribution is -2.43. The summed E-state index contributed by atoms with van der Waals surface area (Å²) in [5, 5.41) is 0. The van der Waals surface area contributed by atoms with Crippen molar-refractivity contribution in [1.29, 1.82) is 0 Å². The summed E-state index contributed by atoms with van der Waals surface area (Å²) in [5.41, 5.74) is 2.11. The molecule has 2 fully saturated rings. The zero-order chi connectivity index (χ0) is 18.8. The van der Waals surface area contributed by atoms with Crippen LogP contribution in [0.15, 0.2) is 48.5 Å². The summed E-state index contributed by atoms with van der Waals surface area (Å²) in [5.74, 6) is 0.0434. The Balaban J connectivity index is 1.46. The SMILES string of the molecule is O=C1CC2CCC(C1)N2CCCC(c1ccc(F)cc1)c1ccc(F)cc1. The molecular formula is C23H25F2NO. The second kappa shape index (κ2) is 7.89. The highest BCUT2D eigenvalue weighted by molar-refractivity contribution is 5.80. The molecule has 4 heteroatoms. The number of halogens is 2. The number of hydrogen-bond acceptors (Lipinski definition) is 2. The first-order valence-corrected chi connectivity index (χ1v) is 9.88. The molecule has 0 radical (unpaired) electrons. The standard InChI is InChI=1S/C23H25F2NO/c24-18-7-3-16(4-8-18)23(17-5-9-19(25)10-6-17)2-1-13-26-20-11-12-21(26)15-22(27)14-20/h3-10,20-21,23H,1-2,11-15H2. The Hall–Kier alpha value is -2.07. The van der Waals surface area contributed by atoms with E-state index in [4.69, 9.17) is 0 Å². The van der Waals surface area contributed by atoms with Crippen LogP contribution in [0.1, 0.15) is 55.6 Å². The van der Waals surface area contributed by atoms with Gasteiger partial charge in [-0.2, -0.15) is 0 Å². The molecule has 0 amide bonds. The normalized spacial score (nSPS) is 22.6. The molecule has 0 aromatic heterocycles. The van der Waals surface area contributed by atoms with E-state index in [2.05, 4.69) is 4.90 Å². The van der Waals surface area contributed by atoms with Gasteiger partial charge in [0.15, 0.2) is 0 Å². The summed E-state index contributed by atoms with van der Waals surface area (Å²) in [6, 6.07) is 14.1. The molecule has 2 saturated heterocycles. The first-order valence-electron chi connectivity index (χ1n) is 9.88. The molecule has 2 unspecified atom stereocenters. The Kier molecular flexibility index (Phi) is 5.35. The second-order valence-electron chi connectivity index (χ2n) is 7.87. The van der Waals surface area contributed by atoms with Crippen LogP contribution in [-0.2, 0) is 4.79 Å². The van der Waals surface area contributed by atoms with Crippen molar-refractivity contribution in [3.63, 3.8) is 0 Å². The molecule has 2 heterocycles. The van der Waals surface area contributed by atoms with Gasteiger partial charge >= 0.3 is 0 Å². The maximum absolute atomic E-state index is 13.3. The van der Waals surface area contributed by atoms with Gasteiger partial charge in [0.25, 0.3) is 0 Å². The van der Waals surface area contributed by atoms with Crippen molar-refractivity contribution >= 4 is 5.78 Å². The van der Waals surface area contributed by atoms with Crippen molar-refractivity contribution in [2.24, 2.45) is 0 Å². The minimum absolute atomic E-state index is 0.121. The van der Waals surface area contributed by atoms with Crippen LogP contribution in [0.3, 0.4) is 0 Å². The molecule has 0 spiro atoms. The van der Waals surface area contributed by atoms with Crippen molar-refractivity contribution in [1.82, 2.24) is 4.90 Å². The van der Waals surface area contributed by atoms with Crippen molar-refractivity contribution < 1.29 is 13.6 Å². The highest BCUT2D eigenvalue weighted by atomic mass is 19.1. The van der Waals surface area contributed by atoms with Crippen LogP contribution in [0.5, 0.6) is 0 Å². The molecule has 2 bridgehead atoms. The summed E-state index contributed by atoms with van der Waals surface area (Å²) >= 11 is 0. The third kappa shape index (κ3) is 4.11. The number of hydrogen-bond donors (Lipinski definition) is 0. The first kappa shape index (κ1) is 18.3. The number of Topliss-reactive ketones (excluding diaryl/α,β-unsaturated/α-hetero) is 1. The lowest BCUT2D eigenvalue weighted by molar-refractivity contribution is -0.123. The second-order valence-corrected chi connectivity index (χ2v) is 7.87. The molecule has 0 saturated carbocycles. The molecule has 4 rings (SSSR count). The zero-order valence-corrected chi connectivity index (χ0v) is 15.4.